The molecule has 0 bridgehead atoms. The Morgan fingerprint density at radius 3 is 2.65 bits per heavy atom. The number of carbonyl (C=O) groups is 1. The standard InChI is InChI=1S/C12H17FN2O2/c1-3-12(4-2,8-16)15-11(17)9-5-6-14-7-10(9)13/h5-7,16H,3-4,8H2,1-2H3,(H,15,17). The average Bonchev–Trinajstić information content (AvgIpc) is 2.36. The molecule has 1 aromatic heterocycles. The Labute approximate surface area is 99.9 Å². The van der Waals surface area contributed by atoms with Gasteiger partial charge in [0.05, 0.1) is 23.9 Å². The summed E-state index contributed by atoms with van der Waals surface area (Å²) in [6, 6.07) is 1.32. The van der Waals surface area contributed by atoms with Gasteiger partial charge in [-0.2, -0.15) is 0 Å². The highest BCUT2D eigenvalue weighted by molar-refractivity contribution is 5.94. The molecule has 0 saturated carbocycles. The molecule has 0 fully saturated rings. The van der Waals surface area contributed by atoms with Crippen molar-refractivity contribution in [2.24, 2.45) is 0 Å². The van der Waals surface area contributed by atoms with Gasteiger partial charge in [0.25, 0.3) is 5.91 Å². The molecule has 0 aromatic carbocycles. The summed E-state index contributed by atoms with van der Waals surface area (Å²) in [5.41, 5.74) is -0.744. The van der Waals surface area contributed by atoms with E-state index in [2.05, 4.69) is 10.3 Å². The molecule has 0 atom stereocenters. The van der Waals surface area contributed by atoms with E-state index in [1.807, 2.05) is 13.8 Å². The van der Waals surface area contributed by atoms with Gasteiger partial charge < -0.3 is 10.4 Å². The number of nitrogens with zero attached hydrogens (tertiary/aromatic N) is 1. The van der Waals surface area contributed by atoms with Crippen LogP contribution in [0.3, 0.4) is 0 Å². The average molecular weight is 240 g/mol. The SMILES string of the molecule is CCC(CC)(CO)NC(=O)c1ccncc1F. The first-order chi connectivity index (χ1) is 8.08. The lowest BCUT2D eigenvalue weighted by Gasteiger charge is -2.30. The summed E-state index contributed by atoms with van der Waals surface area (Å²) in [5, 5.41) is 12.0. The van der Waals surface area contributed by atoms with Gasteiger partial charge in [-0.15, -0.1) is 0 Å². The van der Waals surface area contributed by atoms with E-state index in [9.17, 15) is 14.3 Å². The maximum atomic E-state index is 13.3. The molecule has 0 spiro atoms. The van der Waals surface area contributed by atoms with Gasteiger partial charge in [-0.3, -0.25) is 9.78 Å². The quantitative estimate of drug-likeness (QED) is 0.820. The second kappa shape index (κ2) is 5.72. The Morgan fingerprint density at radius 1 is 1.53 bits per heavy atom. The fourth-order valence-electron chi connectivity index (χ4n) is 1.56. The van der Waals surface area contributed by atoms with Crippen molar-refractivity contribution < 1.29 is 14.3 Å². The summed E-state index contributed by atoms with van der Waals surface area (Å²) >= 11 is 0. The van der Waals surface area contributed by atoms with Gasteiger partial charge in [-0.05, 0) is 18.9 Å². The topological polar surface area (TPSA) is 62.2 Å². The van der Waals surface area contributed by atoms with Crippen molar-refractivity contribution >= 4 is 5.91 Å². The highest BCUT2D eigenvalue weighted by Crippen LogP contribution is 2.16. The number of hydrogen-bond donors (Lipinski definition) is 2. The molecule has 4 nitrogen and oxygen atoms in total. The zero-order valence-electron chi connectivity index (χ0n) is 10.0. The van der Waals surface area contributed by atoms with Crippen LogP contribution in [0.15, 0.2) is 18.5 Å². The molecule has 5 heteroatoms. The molecule has 1 rings (SSSR count). The van der Waals surface area contributed by atoms with Crippen molar-refractivity contribution in [3.8, 4) is 0 Å². The van der Waals surface area contributed by atoms with Crippen LogP contribution in [0.1, 0.15) is 37.0 Å². The lowest BCUT2D eigenvalue weighted by molar-refractivity contribution is 0.0813. The summed E-state index contributed by atoms with van der Waals surface area (Å²) < 4.78 is 13.3. The van der Waals surface area contributed by atoms with Crippen LogP contribution >= 0.6 is 0 Å². The minimum absolute atomic E-state index is 0.0558. The summed E-state index contributed by atoms with van der Waals surface area (Å²) in [4.78, 5) is 15.4. The zero-order chi connectivity index (χ0) is 12.9. The monoisotopic (exact) mass is 240 g/mol. The van der Waals surface area contributed by atoms with Gasteiger partial charge in [-0.25, -0.2) is 4.39 Å². The number of pyridine rings is 1. The third-order valence-corrected chi connectivity index (χ3v) is 3.05. The number of aliphatic hydroxyl groups excluding tert-OH is 1. The smallest absolute Gasteiger partial charge is 0.254 e. The van der Waals surface area contributed by atoms with Crippen LogP contribution in [-0.4, -0.2) is 28.1 Å². The Balaban J connectivity index is 2.89. The predicted octanol–water partition coefficient (Wildman–Crippen LogP) is 1.50. The van der Waals surface area contributed by atoms with Crippen LogP contribution in [0.5, 0.6) is 0 Å². The highest BCUT2D eigenvalue weighted by Gasteiger charge is 2.28. The van der Waals surface area contributed by atoms with Crippen molar-refractivity contribution in [1.82, 2.24) is 10.3 Å². The number of halogens is 1. The Morgan fingerprint density at radius 2 is 2.18 bits per heavy atom. The van der Waals surface area contributed by atoms with Crippen molar-refractivity contribution in [2.75, 3.05) is 6.61 Å². The van der Waals surface area contributed by atoms with E-state index in [1.54, 1.807) is 0 Å². The molecule has 1 amide bonds. The van der Waals surface area contributed by atoms with Gasteiger partial charge in [0.1, 0.15) is 0 Å². The van der Waals surface area contributed by atoms with Gasteiger partial charge in [-0.1, -0.05) is 13.8 Å². The Kier molecular flexibility index (Phi) is 4.57. The molecule has 1 heterocycles. The van der Waals surface area contributed by atoms with E-state index in [4.69, 9.17) is 0 Å². The maximum absolute atomic E-state index is 13.3. The lowest BCUT2D eigenvalue weighted by Crippen LogP contribution is -2.50. The van der Waals surface area contributed by atoms with Crippen molar-refractivity contribution in [3.05, 3.63) is 29.8 Å². The molecule has 0 aliphatic rings. The molecule has 2 N–H and O–H groups in total. The number of rotatable bonds is 5. The van der Waals surface area contributed by atoms with Crippen LogP contribution in [0.4, 0.5) is 4.39 Å². The molecule has 17 heavy (non-hydrogen) atoms. The molecule has 0 aliphatic heterocycles. The Hall–Kier alpha value is -1.49. The summed E-state index contributed by atoms with van der Waals surface area (Å²) in [7, 11) is 0. The lowest BCUT2D eigenvalue weighted by atomic mass is 9.93. The van der Waals surface area contributed by atoms with E-state index in [-0.39, 0.29) is 12.2 Å². The van der Waals surface area contributed by atoms with E-state index >= 15 is 0 Å². The van der Waals surface area contributed by atoms with E-state index < -0.39 is 17.3 Å². The van der Waals surface area contributed by atoms with Crippen molar-refractivity contribution in [2.45, 2.75) is 32.2 Å². The van der Waals surface area contributed by atoms with Gasteiger partial charge in [0.15, 0.2) is 5.82 Å². The number of aromatic nitrogens is 1. The number of aliphatic hydroxyl groups is 1. The largest absolute Gasteiger partial charge is 0.394 e. The van der Waals surface area contributed by atoms with Crippen LogP contribution in [-0.2, 0) is 0 Å². The zero-order valence-corrected chi connectivity index (χ0v) is 10.0. The van der Waals surface area contributed by atoms with Crippen LogP contribution < -0.4 is 5.32 Å². The molecule has 0 aliphatic carbocycles. The van der Waals surface area contributed by atoms with Crippen molar-refractivity contribution in [3.63, 3.8) is 0 Å². The first-order valence-electron chi connectivity index (χ1n) is 5.61. The first kappa shape index (κ1) is 13.6. The number of carbonyl (C=O) groups excluding carboxylic acids is 1. The molecule has 0 unspecified atom stereocenters. The van der Waals surface area contributed by atoms with Crippen LogP contribution in [0.2, 0.25) is 0 Å². The third-order valence-electron chi connectivity index (χ3n) is 3.05. The Bertz CT molecular complexity index is 384. The van der Waals surface area contributed by atoms with E-state index in [1.165, 1.54) is 12.3 Å². The third kappa shape index (κ3) is 3.00. The normalized spacial score (nSPS) is 11.3. The number of nitrogens with one attached hydrogen (secondary N) is 1. The molecule has 94 valence electrons. The van der Waals surface area contributed by atoms with Gasteiger partial charge in [0, 0.05) is 6.20 Å². The minimum Gasteiger partial charge on any atom is -0.394 e. The van der Waals surface area contributed by atoms with Crippen molar-refractivity contribution in [1.29, 1.82) is 0 Å². The highest BCUT2D eigenvalue weighted by atomic mass is 19.1. The first-order valence-corrected chi connectivity index (χ1v) is 5.61. The second-order valence-corrected chi connectivity index (χ2v) is 3.96. The molecular formula is C12H17FN2O2. The van der Waals surface area contributed by atoms with Crippen LogP contribution in [0, 0.1) is 5.82 Å². The van der Waals surface area contributed by atoms with E-state index in [0.717, 1.165) is 6.20 Å². The number of hydrogen-bond acceptors (Lipinski definition) is 3. The summed E-state index contributed by atoms with van der Waals surface area (Å²) in [6.07, 6.45) is 3.51. The fraction of sp³-hybridized carbons (Fsp3) is 0.500. The molecule has 0 saturated heterocycles. The molecular weight excluding hydrogens is 223 g/mol. The predicted molar refractivity (Wildman–Crippen MR) is 62.1 cm³/mol. The number of amides is 1. The fourth-order valence-corrected chi connectivity index (χ4v) is 1.56. The van der Waals surface area contributed by atoms with Gasteiger partial charge >= 0.3 is 0 Å². The maximum Gasteiger partial charge on any atom is 0.254 e. The van der Waals surface area contributed by atoms with Gasteiger partial charge in [0.2, 0.25) is 0 Å². The van der Waals surface area contributed by atoms with Crippen LogP contribution in [0.25, 0.3) is 0 Å². The minimum atomic E-state index is -0.688. The second-order valence-electron chi connectivity index (χ2n) is 3.96. The summed E-state index contributed by atoms with van der Waals surface area (Å²) in [6.45, 7) is 3.56. The van der Waals surface area contributed by atoms with E-state index in [0.29, 0.717) is 12.8 Å². The summed E-state index contributed by atoms with van der Waals surface area (Å²) in [5.74, 6) is -1.19. The molecule has 1 aromatic rings. The molecule has 0 radical (unpaired) electrons.